The predicted molar refractivity (Wildman–Crippen MR) is 62.3 cm³/mol. The standard InChI is InChI=1S/C12H26N2/c1-10(2)5-3-4-8-14-12-7-6-11(13)9-12/h10-12,14H,3-9,13H2,1-2H3. The maximum atomic E-state index is 5.86. The Balaban J connectivity index is 1.89. The van der Waals surface area contributed by atoms with Crippen molar-refractivity contribution in [1.82, 2.24) is 5.32 Å². The summed E-state index contributed by atoms with van der Waals surface area (Å²) in [5.41, 5.74) is 5.86. The Morgan fingerprint density at radius 3 is 2.64 bits per heavy atom. The minimum atomic E-state index is 0.461. The fourth-order valence-corrected chi connectivity index (χ4v) is 2.19. The molecule has 14 heavy (non-hydrogen) atoms. The topological polar surface area (TPSA) is 38.0 Å². The molecule has 1 aliphatic carbocycles. The van der Waals surface area contributed by atoms with Crippen molar-refractivity contribution in [2.75, 3.05) is 6.54 Å². The summed E-state index contributed by atoms with van der Waals surface area (Å²) < 4.78 is 0. The summed E-state index contributed by atoms with van der Waals surface area (Å²) in [5.74, 6) is 0.856. The zero-order chi connectivity index (χ0) is 10.4. The van der Waals surface area contributed by atoms with Crippen LogP contribution in [0.2, 0.25) is 0 Å². The molecule has 0 aromatic carbocycles. The Kier molecular flexibility index (Phi) is 5.49. The van der Waals surface area contributed by atoms with Gasteiger partial charge >= 0.3 is 0 Å². The van der Waals surface area contributed by atoms with E-state index in [4.69, 9.17) is 5.73 Å². The van der Waals surface area contributed by atoms with E-state index in [1.807, 2.05) is 0 Å². The van der Waals surface area contributed by atoms with E-state index in [0.29, 0.717) is 12.1 Å². The lowest BCUT2D eigenvalue weighted by atomic mass is 10.1. The molecule has 1 saturated carbocycles. The fraction of sp³-hybridized carbons (Fsp3) is 1.00. The molecule has 0 bridgehead atoms. The molecule has 0 aromatic heterocycles. The van der Waals surface area contributed by atoms with Crippen molar-refractivity contribution in [3.05, 3.63) is 0 Å². The molecule has 0 heterocycles. The molecule has 1 rings (SSSR count). The van der Waals surface area contributed by atoms with E-state index in [2.05, 4.69) is 19.2 Å². The molecular formula is C12H26N2. The van der Waals surface area contributed by atoms with Crippen molar-refractivity contribution < 1.29 is 0 Å². The Morgan fingerprint density at radius 2 is 2.07 bits per heavy atom. The molecule has 2 nitrogen and oxygen atoms in total. The third-order valence-corrected chi connectivity index (χ3v) is 3.11. The van der Waals surface area contributed by atoms with Crippen molar-refractivity contribution in [1.29, 1.82) is 0 Å². The van der Waals surface area contributed by atoms with Crippen LogP contribution in [-0.4, -0.2) is 18.6 Å². The van der Waals surface area contributed by atoms with E-state index in [1.165, 1.54) is 45.1 Å². The lowest BCUT2D eigenvalue weighted by molar-refractivity contribution is 0.476. The number of nitrogens with two attached hydrogens (primary N) is 1. The van der Waals surface area contributed by atoms with Gasteiger partial charge in [0.15, 0.2) is 0 Å². The van der Waals surface area contributed by atoms with Crippen molar-refractivity contribution in [2.45, 2.75) is 64.5 Å². The van der Waals surface area contributed by atoms with Gasteiger partial charge in [-0.1, -0.05) is 26.7 Å². The maximum Gasteiger partial charge on any atom is 0.00823 e. The highest BCUT2D eigenvalue weighted by molar-refractivity contribution is 4.82. The largest absolute Gasteiger partial charge is 0.328 e. The molecule has 2 unspecified atom stereocenters. The van der Waals surface area contributed by atoms with Gasteiger partial charge in [0, 0.05) is 12.1 Å². The highest BCUT2D eigenvalue weighted by Crippen LogP contribution is 2.17. The first-order chi connectivity index (χ1) is 6.68. The summed E-state index contributed by atoms with van der Waals surface area (Å²) in [4.78, 5) is 0. The third kappa shape index (κ3) is 4.97. The average Bonchev–Trinajstić information content (AvgIpc) is 2.50. The van der Waals surface area contributed by atoms with Gasteiger partial charge in [0.25, 0.3) is 0 Å². The van der Waals surface area contributed by atoms with Crippen LogP contribution in [0.3, 0.4) is 0 Å². The first-order valence-electron chi connectivity index (χ1n) is 6.17. The molecular weight excluding hydrogens is 172 g/mol. The molecule has 1 aliphatic rings. The fourth-order valence-electron chi connectivity index (χ4n) is 2.19. The van der Waals surface area contributed by atoms with Gasteiger partial charge in [-0.3, -0.25) is 0 Å². The molecule has 84 valence electrons. The van der Waals surface area contributed by atoms with E-state index in [0.717, 1.165) is 5.92 Å². The van der Waals surface area contributed by atoms with Crippen LogP contribution in [0.1, 0.15) is 52.4 Å². The quantitative estimate of drug-likeness (QED) is 0.643. The van der Waals surface area contributed by atoms with E-state index in [9.17, 15) is 0 Å². The van der Waals surface area contributed by atoms with E-state index < -0.39 is 0 Å². The van der Waals surface area contributed by atoms with E-state index >= 15 is 0 Å². The first-order valence-corrected chi connectivity index (χ1v) is 6.17. The normalized spacial score (nSPS) is 27.4. The maximum absolute atomic E-state index is 5.86. The van der Waals surface area contributed by atoms with Gasteiger partial charge in [-0.15, -0.1) is 0 Å². The van der Waals surface area contributed by atoms with Gasteiger partial charge in [-0.25, -0.2) is 0 Å². The molecule has 0 aliphatic heterocycles. The third-order valence-electron chi connectivity index (χ3n) is 3.11. The molecule has 0 saturated heterocycles. The smallest absolute Gasteiger partial charge is 0.00823 e. The van der Waals surface area contributed by atoms with E-state index in [1.54, 1.807) is 0 Å². The minimum absolute atomic E-state index is 0.461. The zero-order valence-corrected chi connectivity index (χ0v) is 9.76. The average molecular weight is 198 g/mol. The summed E-state index contributed by atoms with van der Waals surface area (Å²) >= 11 is 0. The van der Waals surface area contributed by atoms with Crippen molar-refractivity contribution in [2.24, 2.45) is 11.7 Å². The SMILES string of the molecule is CC(C)CCCCNC1CCC(N)C1. The van der Waals surface area contributed by atoms with Gasteiger partial charge < -0.3 is 11.1 Å². The van der Waals surface area contributed by atoms with Crippen LogP contribution in [0.4, 0.5) is 0 Å². The Labute approximate surface area is 88.6 Å². The van der Waals surface area contributed by atoms with E-state index in [-0.39, 0.29) is 0 Å². The van der Waals surface area contributed by atoms with Crippen LogP contribution in [-0.2, 0) is 0 Å². The molecule has 0 radical (unpaired) electrons. The summed E-state index contributed by atoms with van der Waals surface area (Å²) in [7, 11) is 0. The Hall–Kier alpha value is -0.0800. The number of hydrogen-bond donors (Lipinski definition) is 2. The first kappa shape index (κ1) is 12.0. The molecule has 0 spiro atoms. The van der Waals surface area contributed by atoms with Gasteiger partial charge in [0.2, 0.25) is 0 Å². The highest BCUT2D eigenvalue weighted by Gasteiger charge is 2.20. The molecule has 3 N–H and O–H groups in total. The van der Waals surface area contributed by atoms with Crippen molar-refractivity contribution in [3.63, 3.8) is 0 Å². The summed E-state index contributed by atoms with van der Waals surface area (Å²) in [6.07, 6.45) is 7.73. The second-order valence-electron chi connectivity index (χ2n) is 5.11. The lowest BCUT2D eigenvalue weighted by Crippen LogP contribution is -2.29. The van der Waals surface area contributed by atoms with Crippen LogP contribution in [0, 0.1) is 5.92 Å². The Morgan fingerprint density at radius 1 is 1.29 bits per heavy atom. The summed E-state index contributed by atoms with van der Waals surface area (Å²) in [6.45, 7) is 5.77. The van der Waals surface area contributed by atoms with Gasteiger partial charge in [0.05, 0.1) is 0 Å². The number of nitrogens with one attached hydrogen (secondary N) is 1. The predicted octanol–water partition coefficient (Wildman–Crippen LogP) is 2.28. The zero-order valence-electron chi connectivity index (χ0n) is 9.76. The van der Waals surface area contributed by atoms with Crippen molar-refractivity contribution >= 4 is 0 Å². The van der Waals surface area contributed by atoms with Crippen LogP contribution in [0.5, 0.6) is 0 Å². The van der Waals surface area contributed by atoms with Gasteiger partial charge in [0.1, 0.15) is 0 Å². The molecule has 0 aromatic rings. The molecule has 2 atom stereocenters. The summed E-state index contributed by atoms with van der Waals surface area (Å²) in [6, 6.07) is 1.17. The van der Waals surface area contributed by atoms with Crippen molar-refractivity contribution in [3.8, 4) is 0 Å². The van der Waals surface area contributed by atoms with Crippen LogP contribution in [0.25, 0.3) is 0 Å². The monoisotopic (exact) mass is 198 g/mol. The lowest BCUT2D eigenvalue weighted by Gasteiger charge is -2.12. The second-order valence-corrected chi connectivity index (χ2v) is 5.11. The second kappa shape index (κ2) is 6.41. The van der Waals surface area contributed by atoms with Crippen LogP contribution >= 0.6 is 0 Å². The highest BCUT2D eigenvalue weighted by atomic mass is 14.9. The minimum Gasteiger partial charge on any atom is -0.328 e. The molecule has 2 heteroatoms. The van der Waals surface area contributed by atoms with Gasteiger partial charge in [-0.2, -0.15) is 0 Å². The van der Waals surface area contributed by atoms with Crippen LogP contribution < -0.4 is 11.1 Å². The number of hydrogen-bond acceptors (Lipinski definition) is 2. The Bertz CT molecular complexity index is 145. The van der Waals surface area contributed by atoms with Gasteiger partial charge in [-0.05, 0) is 38.1 Å². The number of rotatable bonds is 6. The number of unbranched alkanes of at least 4 members (excludes halogenated alkanes) is 1. The summed E-state index contributed by atoms with van der Waals surface area (Å²) in [5, 5.41) is 3.61. The van der Waals surface area contributed by atoms with Crippen LogP contribution in [0.15, 0.2) is 0 Å². The molecule has 0 amide bonds. The molecule has 1 fully saturated rings.